The first kappa shape index (κ1) is 19.4. The van der Waals surface area contributed by atoms with Crippen molar-refractivity contribution >= 4 is 16.3 Å². The molecule has 0 aliphatic carbocycles. The molecule has 2 aliphatic rings. The average molecular weight is 364 g/mol. The van der Waals surface area contributed by atoms with Crippen molar-refractivity contribution in [2.75, 3.05) is 61.0 Å². The Kier molecular flexibility index (Phi) is 6.43. The maximum Gasteiger partial charge on any atom is 0.410 e. The third-order valence-electron chi connectivity index (χ3n) is 4.45. The van der Waals surface area contributed by atoms with Gasteiger partial charge in [-0.3, -0.25) is 4.90 Å². The first-order chi connectivity index (χ1) is 11.2. The number of piperidine rings is 1. The highest BCUT2D eigenvalue weighted by atomic mass is 32.2. The number of likely N-dealkylation sites (tertiary alicyclic amines) is 2. The summed E-state index contributed by atoms with van der Waals surface area (Å²) in [5.74, 6) is -0.116. The van der Waals surface area contributed by atoms with Gasteiger partial charge in [0.15, 0.2) is 0 Å². The summed E-state index contributed by atoms with van der Waals surface area (Å²) < 4.78 is 38.6. The molecule has 0 radical (unpaired) electrons. The van der Waals surface area contributed by atoms with E-state index in [-0.39, 0.29) is 24.2 Å². The van der Waals surface area contributed by atoms with Gasteiger partial charge < -0.3 is 14.4 Å². The molecule has 9 nitrogen and oxygen atoms in total. The predicted octanol–water partition coefficient (Wildman–Crippen LogP) is -0.830. The third-order valence-corrected chi connectivity index (χ3v) is 6.01. The molecule has 10 heteroatoms. The van der Waals surface area contributed by atoms with Crippen LogP contribution in [0.3, 0.4) is 0 Å². The lowest BCUT2D eigenvalue weighted by Crippen LogP contribution is -2.57. The van der Waals surface area contributed by atoms with Crippen molar-refractivity contribution in [1.29, 1.82) is 0 Å². The smallest absolute Gasteiger partial charge is 0.410 e. The average Bonchev–Trinajstić information content (AvgIpc) is 2.47. The first-order valence-corrected chi connectivity index (χ1v) is 9.49. The van der Waals surface area contributed by atoms with Crippen molar-refractivity contribution in [3.05, 3.63) is 0 Å². The second-order valence-electron chi connectivity index (χ2n) is 6.69. The zero-order valence-electron chi connectivity index (χ0n) is 14.8. The zero-order valence-corrected chi connectivity index (χ0v) is 15.6. The van der Waals surface area contributed by atoms with E-state index < -0.39 is 10.2 Å². The molecule has 0 saturated carbocycles. The second-order valence-corrected chi connectivity index (χ2v) is 8.60. The number of likely N-dealkylation sites (N-methyl/N-ethyl adjacent to an activating group) is 1. The van der Waals surface area contributed by atoms with Crippen molar-refractivity contribution in [3.63, 3.8) is 0 Å². The van der Waals surface area contributed by atoms with Crippen molar-refractivity contribution in [2.24, 2.45) is 5.92 Å². The Hall–Kier alpha value is -0.940. The summed E-state index contributed by atoms with van der Waals surface area (Å²) in [6.07, 6.45) is 0.150. The van der Waals surface area contributed by atoms with E-state index in [1.54, 1.807) is 12.0 Å². The Morgan fingerprint density at radius 2 is 1.96 bits per heavy atom. The van der Waals surface area contributed by atoms with Gasteiger partial charge in [-0.1, -0.05) is 0 Å². The third kappa shape index (κ3) is 4.79. The number of carbonyl (C=O) groups is 1. The molecule has 0 bridgehead atoms. The normalized spacial score (nSPS) is 26.5. The number of rotatable bonds is 6. The highest BCUT2D eigenvalue weighted by Crippen LogP contribution is 2.21. The lowest BCUT2D eigenvalue weighted by molar-refractivity contribution is -0.0233. The number of hydrogen-bond acceptors (Lipinski definition) is 6. The van der Waals surface area contributed by atoms with Gasteiger partial charge in [0.2, 0.25) is 0 Å². The number of nitrogens with zero attached hydrogens (tertiary/aromatic N) is 3. The lowest BCUT2D eigenvalue weighted by Gasteiger charge is -2.40. The highest BCUT2D eigenvalue weighted by molar-refractivity contribution is 7.87. The molecule has 1 amide bonds. The van der Waals surface area contributed by atoms with Crippen LogP contribution in [0.1, 0.15) is 6.42 Å². The summed E-state index contributed by atoms with van der Waals surface area (Å²) in [5.41, 5.74) is 0. The molecule has 0 spiro atoms. The standard InChI is InChI=1S/C14H28N4O5S/c1-16(2)24(20,21)15-13-5-6-18(7-11(13)10-22-4)14(19)23-12-8-17(3)9-12/h11-13,15H,5-10H2,1-4H3. The molecule has 0 aromatic carbocycles. The highest BCUT2D eigenvalue weighted by Gasteiger charge is 2.36. The van der Waals surface area contributed by atoms with Gasteiger partial charge in [0.05, 0.1) is 6.61 Å². The lowest BCUT2D eigenvalue weighted by atomic mass is 9.94. The van der Waals surface area contributed by atoms with Crippen LogP contribution in [-0.4, -0.2) is 102 Å². The van der Waals surface area contributed by atoms with Crippen LogP contribution < -0.4 is 4.72 Å². The van der Waals surface area contributed by atoms with Crippen LogP contribution in [0.5, 0.6) is 0 Å². The van der Waals surface area contributed by atoms with E-state index in [9.17, 15) is 13.2 Å². The van der Waals surface area contributed by atoms with E-state index in [1.807, 2.05) is 7.05 Å². The fourth-order valence-electron chi connectivity index (χ4n) is 2.97. The number of methoxy groups -OCH3 is 1. The van der Waals surface area contributed by atoms with Gasteiger partial charge in [0, 0.05) is 59.3 Å². The van der Waals surface area contributed by atoms with Crippen LogP contribution in [-0.2, 0) is 19.7 Å². The first-order valence-electron chi connectivity index (χ1n) is 8.05. The van der Waals surface area contributed by atoms with Gasteiger partial charge in [-0.25, -0.2) is 4.79 Å². The van der Waals surface area contributed by atoms with Crippen LogP contribution in [0.2, 0.25) is 0 Å². The SMILES string of the molecule is COCC1CN(C(=O)OC2CN(C)C2)CCC1NS(=O)(=O)N(C)C. The van der Waals surface area contributed by atoms with E-state index >= 15 is 0 Å². The molecule has 1 N–H and O–H groups in total. The Balaban J connectivity index is 1.93. The van der Waals surface area contributed by atoms with Crippen LogP contribution >= 0.6 is 0 Å². The van der Waals surface area contributed by atoms with Gasteiger partial charge in [0.1, 0.15) is 6.10 Å². The predicted molar refractivity (Wildman–Crippen MR) is 88.9 cm³/mol. The van der Waals surface area contributed by atoms with Gasteiger partial charge in [-0.05, 0) is 13.5 Å². The van der Waals surface area contributed by atoms with E-state index in [2.05, 4.69) is 9.62 Å². The largest absolute Gasteiger partial charge is 0.443 e. The van der Waals surface area contributed by atoms with Crippen molar-refractivity contribution in [3.8, 4) is 0 Å². The minimum Gasteiger partial charge on any atom is -0.443 e. The molecule has 140 valence electrons. The van der Waals surface area contributed by atoms with Crippen LogP contribution in [0, 0.1) is 5.92 Å². The fourth-order valence-corrected chi connectivity index (χ4v) is 3.87. The Morgan fingerprint density at radius 1 is 1.29 bits per heavy atom. The Morgan fingerprint density at radius 3 is 2.50 bits per heavy atom. The van der Waals surface area contributed by atoms with E-state index in [1.165, 1.54) is 14.1 Å². The molecule has 2 atom stereocenters. The van der Waals surface area contributed by atoms with Gasteiger partial charge in [-0.2, -0.15) is 17.4 Å². The summed E-state index contributed by atoms with van der Waals surface area (Å²) in [6.45, 7) is 2.76. The van der Waals surface area contributed by atoms with Crippen molar-refractivity contribution < 1.29 is 22.7 Å². The van der Waals surface area contributed by atoms with Gasteiger partial charge in [0.25, 0.3) is 10.2 Å². The summed E-state index contributed by atoms with van der Waals surface area (Å²) in [5, 5.41) is 0. The van der Waals surface area contributed by atoms with Gasteiger partial charge in [-0.15, -0.1) is 0 Å². The molecule has 0 aromatic heterocycles. The molecule has 2 saturated heterocycles. The summed E-state index contributed by atoms with van der Waals surface area (Å²) in [7, 11) is 2.99. The van der Waals surface area contributed by atoms with E-state index in [0.717, 1.165) is 17.4 Å². The maximum atomic E-state index is 12.3. The quantitative estimate of drug-likeness (QED) is 0.662. The molecule has 0 aromatic rings. The molecular weight excluding hydrogens is 336 g/mol. The number of carbonyl (C=O) groups excluding carboxylic acids is 1. The number of amides is 1. The molecule has 2 unspecified atom stereocenters. The summed E-state index contributed by atoms with van der Waals surface area (Å²) >= 11 is 0. The van der Waals surface area contributed by atoms with Crippen LogP contribution in [0.15, 0.2) is 0 Å². The fraction of sp³-hybridized carbons (Fsp3) is 0.929. The molecule has 2 heterocycles. The van der Waals surface area contributed by atoms with Crippen molar-refractivity contribution in [1.82, 2.24) is 18.8 Å². The minimum atomic E-state index is -3.52. The van der Waals surface area contributed by atoms with Crippen LogP contribution in [0.25, 0.3) is 0 Å². The molecule has 2 rings (SSSR count). The number of nitrogens with one attached hydrogen (secondary N) is 1. The molecule has 2 fully saturated rings. The van der Waals surface area contributed by atoms with Gasteiger partial charge >= 0.3 is 6.09 Å². The zero-order chi connectivity index (χ0) is 17.9. The molecule has 24 heavy (non-hydrogen) atoms. The second kappa shape index (κ2) is 7.96. The number of ether oxygens (including phenoxy) is 2. The topological polar surface area (TPSA) is 91.4 Å². The summed E-state index contributed by atoms with van der Waals surface area (Å²) in [4.78, 5) is 16.0. The monoisotopic (exact) mass is 364 g/mol. The summed E-state index contributed by atoms with van der Waals surface area (Å²) in [6, 6.07) is -0.267. The number of hydrogen-bond donors (Lipinski definition) is 1. The van der Waals surface area contributed by atoms with E-state index in [0.29, 0.717) is 26.1 Å². The molecule has 2 aliphatic heterocycles. The van der Waals surface area contributed by atoms with E-state index in [4.69, 9.17) is 9.47 Å². The minimum absolute atomic E-state index is 0.0478. The van der Waals surface area contributed by atoms with Crippen LogP contribution in [0.4, 0.5) is 4.79 Å². The maximum absolute atomic E-state index is 12.3. The van der Waals surface area contributed by atoms with Crippen molar-refractivity contribution in [2.45, 2.75) is 18.6 Å². The molecular formula is C14H28N4O5S. The Bertz CT molecular complexity index is 535. The Labute approximate surface area is 144 Å².